The van der Waals surface area contributed by atoms with Crippen LogP contribution in [0.4, 0.5) is 18.9 Å². The first-order valence-corrected chi connectivity index (χ1v) is 6.02. The van der Waals surface area contributed by atoms with Crippen molar-refractivity contribution in [2.75, 3.05) is 5.73 Å². The molecule has 0 amide bonds. The summed E-state index contributed by atoms with van der Waals surface area (Å²) in [5, 5.41) is 4.18. The van der Waals surface area contributed by atoms with Crippen LogP contribution in [0.25, 0.3) is 17.1 Å². The fourth-order valence-corrected chi connectivity index (χ4v) is 1.95. The molecule has 1 aromatic carbocycles. The highest BCUT2D eigenvalue weighted by Crippen LogP contribution is 2.31. The van der Waals surface area contributed by atoms with E-state index in [1.54, 1.807) is 12.1 Å². The van der Waals surface area contributed by atoms with Crippen molar-refractivity contribution in [1.29, 1.82) is 0 Å². The highest BCUT2D eigenvalue weighted by molar-refractivity contribution is 5.68. The average molecular weight is 293 g/mol. The van der Waals surface area contributed by atoms with E-state index in [0.717, 1.165) is 12.1 Å². The van der Waals surface area contributed by atoms with Crippen molar-refractivity contribution >= 4 is 5.69 Å². The lowest BCUT2D eigenvalue weighted by Gasteiger charge is -2.08. The summed E-state index contributed by atoms with van der Waals surface area (Å²) in [5.74, 6) is 0.457. The molecule has 2 aromatic heterocycles. The van der Waals surface area contributed by atoms with Gasteiger partial charge in [0.1, 0.15) is 0 Å². The number of aromatic nitrogens is 2. The summed E-state index contributed by atoms with van der Waals surface area (Å²) in [7, 11) is 0. The Labute approximate surface area is 117 Å². The molecule has 2 N–H and O–H groups in total. The van der Waals surface area contributed by atoms with Gasteiger partial charge in [0, 0.05) is 0 Å². The van der Waals surface area contributed by atoms with Crippen molar-refractivity contribution in [3.05, 3.63) is 54.4 Å². The maximum absolute atomic E-state index is 12.7. The topological polar surface area (TPSA) is 57.0 Å². The van der Waals surface area contributed by atoms with E-state index in [-0.39, 0.29) is 5.69 Å². The summed E-state index contributed by atoms with van der Waals surface area (Å²) in [5.41, 5.74) is 6.07. The number of halogens is 3. The van der Waals surface area contributed by atoms with E-state index in [1.165, 1.54) is 29.3 Å². The van der Waals surface area contributed by atoms with Crippen LogP contribution in [0.2, 0.25) is 0 Å². The molecule has 0 aliphatic rings. The van der Waals surface area contributed by atoms with Gasteiger partial charge in [0.2, 0.25) is 0 Å². The molecule has 0 radical (unpaired) electrons. The second kappa shape index (κ2) is 4.69. The van der Waals surface area contributed by atoms with Crippen molar-refractivity contribution in [2.45, 2.75) is 6.18 Å². The number of furan rings is 1. The predicted molar refractivity (Wildman–Crippen MR) is 70.7 cm³/mol. The van der Waals surface area contributed by atoms with Crippen molar-refractivity contribution in [3.63, 3.8) is 0 Å². The van der Waals surface area contributed by atoms with E-state index in [2.05, 4.69) is 5.10 Å². The largest absolute Gasteiger partial charge is 0.463 e. The molecule has 2 heterocycles. The Morgan fingerprint density at radius 1 is 1.14 bits per heavy atom. The van der Waals surface area contributed by atoms with Crippen molar-refractivity contribution < 1.29 is 17.6 Å². The maximum Gasteiger partial charge on any atom is 0.416 e. The van der Waals surface area contributed by atoms with Gasteiger partial charge < -0.3 is 10.2 Å². The summed E-state index contributed by atoms with van der Waals surface area (Å²) in [6, 6.07) is 8.21. The van der Waals surface area contributed by atoms with Crippen LogP contribution in [-0.4, -0.2) is 9.78 Å². The van der Waals surface area contributed by atoms with Crippen LogP contribution in [0.1, 0.15) is 5.56 Å². The van der Waals surface area contributed by atoms with Crippen LogP contribution in [0.15, 0.2) is 53.3 Å². The quantitative estimate of drug-likeness (QED) is 0.783. The van der Waals surface area contributed by atoms with Crippen molar-refractivity contribution in [1.82, 2.24) is 9.78 Å². The van der Waals surface area contributed by atoms with E-state index < -0.39 is 11.7 Å². The fourth-order valence-electron chi connectivity index (χ4n) is 1.95. The summed E-state index contributed by atoms with van der Waals surface area (Å²) >= 11 is 0. The third kappa shape index (κ3) is 2.49. The molecule has 0 atom stereocenters. The van der Waals surface area contributed by atoms with Crippen LogP contribution >= 0.6 is 0 Å². The van der Waals surface area contributed by atoms with Gasteiger partial charge in [0.05, 0.1) is 29.4 Å². The van der Waals surface area contributed by atoms with E-state index in [9.17, 15) is 13.2 Å². The zero-order chi connectivity index (χ0) is 15.0. The second-order valence-electron chi connectivity index (χ2n) is 4.40. The molecule has 21 heavy (non-hydrogen) atoms. The highest BCUT2D eigenvalue weighted by atomic mass is 19.4. The first-order valence-electron chi connectivity index (χ1n) is 6.02. The minimum absolute atomic E-state index is 0.273. The molecule has 7 heteroatoms. The summed E-state index contributed by atoms with van der Waals surface area (Å²) in [6.07, 6.45) is -1.48. The molecule has 0 aliphatic carbocycles. The molecule has 3 rings (SSSR count). The monoisotopic (exact) mass is 293 g/mol. The van der Waals surface area contributed by atoms with Gasteiger partial charge in [-0.3, -0.25) is 0 Å². The number of benzene rings is 1. The van der Waals surface area contributed by atoms with E-state index in [1.807, 2.05) is 0 Å². The maximum atomic E-state index is 12.7. The number of hydrogen-bond acceptors (Lipinski definition) is 3. The standard InChI is InChI=1S/C14H10F3N3O/c15-14(16,17)9-3-1-4-10(7-9)20-8-11(18)13(19-20)12-5-2-6-21-12/h1-8H,18H2. The van der Waals surface area contributed by atoms with Crippen LogP contribution in [0.3, 0.4) is 0 Å². The predicted octanol–water partition coefficient (Wildman–Crippen LogP) is 3.73. The smallest absolute Gasteiger partial charge is 0.416 e. The van der Waals surface area contributed by atoms with Crippen LogP contribution in [0.5, 0.6) is 0 Å². The lowest BCUT2D eigenvalue weighted by Crippen LogP contribution is -2.06. The zero-order valence-electron chi connectivity index (χ0n) is 10.6. The van der Waals surface area contributed by atoms with E-state index >= 15 is 0 Å². The van der Waals surface area contributed by atoms with Crippen LogP contribution < -0.4 is 5.73 Å². The van der Waals surface area contributed by atoms with Gasteiger partial charge in [-0.15, -0.1) is 0 Å². The lowest BCUT2D eigenvalue weighted by molar-refractivity contribution is -0.137. The fraction of sp³-hybridized carbons (Fsp3) is 0.0714. The van der Waals surface area contributed by atoms with E-state index in [4.69, 9.17) is 10.2 Å². The molecule has 0 unspecified atom stereocenters. The molecule has 108 valence electrons. The Bertz CT molecular complexity index is 760. The van der Waals surface area contributed by atoms with E-state index in [0.29, 0.717) is 17.1 Å². The summed E-state index contributed by atoms with van der Waals surface area (Å²) < 4.78 is 44.7. The molecule has 3 aromatic rings. The third-order valence-corrected chi connectivity index (χ3v) is 2.94. The number of nitrogens with zero attached hydrogens (tertiary/aromatic N) is 2. The number of hydrogen-bond donors (Lipinski definition) is 1. The van der Waals surface area contributed by atoms with Gasteiger partial charge in [-0.2, -0.15) is 18.3 Å². The molecular weight excluding hydrogens is 283 g/mol. The third-order valence-electron chi connectivity index (χ3n) is 2.94. The summed E-state index contributed by atoms with van der Waals surface area (Å²) in [6.45, 7) is 0. The number of rotatable bonds is 2. The molecule has 0 aliphatic heterocycles. The molecule has 0 spiro atoms. The molecule has 0 saturated carbocycles. The van der Waals surface area contributed by atoms with Crippen LogP contribution in [0, 0.1) is 0 Å². The van der Waals surface area contributed by atoms with Gasteiger partial charge in [-0.05, 0) is 30.3 Å². The van der Waals surface area contributed by atoms with Crippen molar-refractivity contribution in [3.8, 4) is 17.1 Å². The Kier molecular flexibility index (Phi) is 2.97. The van der Waals surface area contributed by atoms with Gasteiger partial charge in [0.15, 0.2) is 11.5 Å². The number of nitrogen functional groups attached to an aromatic ring is 1. The first-order chi connectivity index (χ1) is 9.95. The molecule has 0 bridgehead atoms. The van der Waals surface area contributed by atoms with Crippen molar-refractivity contribution in [2.24, 2.45) is 0 Å². The molecule has 4 nitrogen and oxygen atoms in total. The normalized spacial score (nSPS) is 11.8. The first kappa shape index (κ1) is 13.3. The zero-order valence-corrected chi connectivity index (χ0v) is 10.6. The lowest BCUT2D eigenvalue weighted by atomic mass is 10.2. The minimum Gasteiger partial charge on any atom is -0.463 e. The minimum atomic E-state index is -4.40. The number of nitrogens with two attached hydrogens (primary N) is 1. The Balaban J connectivity index is 2.04. The second-order valence-corrected chi connectivity index (χ2v) is 4.40. The Hall–Kier alpha value is -2.70. The van der Waals surface area contributed by atoms with Gasteiger partial charge >= 0.3 is 6.18 Å². The molecule has 0 saturated heterocycles. The average Bonchev–Trinajstić information content (AvgIpc) is 3.07. The number of alkyl halides is 3. The molecule has 0 fully saturated rings. The SMILES string of the molecule is Nc1cn(-c2cccc(C(F)(F)F)c2)nc1-c1ccco1. The molecular formula is C14H10F3N3O. The Morgan fingerprint density at radius 3 is 2.62 bits per heavy atom. The number of anilines is 1. The van der Waals surface area contributed by atoms with Gasteiger partial charge in [-0.1, -0.05) is 6.07 Å². The van der Waals surface area contributed by atoms with Gasteiger partial charge in [-0.25, -0.2) is 4.68 Å². The van der Waals surface area contributed by atoms with Crippen LogP contribution in [-0.2, 0) is 6.18 Å². The van der Waals surface area contributed by atoms with Gasteiger partial charge in [0.25, 0.3) is 0 Å². The highest BCUT2D eigenvalue weighted by Gasteiger charge is 2.30. The Morgan fingerprint density at radius 2 is 1.95 bits per heavy atom. The summed E-state index contributed by atoms with van der Waals surface area (Å²) in [4.78, 5) is 0.